The number of aromatic nitrogens is 2. The third-order valence-corrected chi connectivity index (χ3v) is 5.13. The van der Waals surface area contributed by atoms with E-state index in [2.05, 4.69) is 26.7 Å². The Bertz CT molecular complexity index is 818. The molecule has 1 fully saturated rings. The standard InChI is InChI=1S/C19H20Cl2N4O/c1-14(2-3-15-4-5-17(20)18(21)12-15)23-19(26)24-9-6-16(7-10-24)25-11-8-22-13-25/h4-5,8,11-14,16H,6-7,9-10H2,1H3,(H,23,26). The van der Waals surface area contributed by atoms with Gasteiger partial charge in [-0.05, 0) is 38.0 Å². The van der Waals surface area contributed by atoms with Gasteiger partial charge in [-0.25, -0.2) is 9.78 Å². The molecule has 5 nitrogen and oxygen atoms in total. The van der Waals surface area contributed by atoms with Crippen LogP contribution >= 0.6 is 23.2 Å². The zero-order valence-electron chi connectivity index (χ0n) is 14.5. The van der Waals surface area contributed by atoms with E-state index in [1.165, 1.54) is 0 Å². The van der Waals surface area contributed by atoms with Crippen molar-refractivity contribution in [2.75, 3.05) is 13.1 Å². The lowest BCUT2D eigenvalue weighted by molar-refractivity contribution is 0.170. The minimum Gasteiger partial charge on any atom is -0.334 e. The monoisotopic (exact) mass is 390 g/mol. The van der Waals surface area contributed by atoms with Crippen molar-refractivity contribution in [3.8, 4) is 11.8 Å². The van der Waals surface area contributed by atoms with E-state index < -0.39 is 0 Å². The molecule has 1 aliphatic rings. The number of carbonyl (C=O) groups is 1. The number of piperidine rings is 1. The third-order valence-electron chi connectivity index (χ3n) is 4.39. The van der Waals surface area contributed by atoms with Crippen molar-refractivity contribution in [1.82, 2.24) is 19.8 Å². The Morgan fingerprint density at radius 2 is 2.08 bits per heavy atom. The molecule has 7 heteroatoms. The van der Waals surface area contributed by atoms with Crippen molar-refractivity contribution in [1.29, 1.82) is 0 Å². The van der Waals surface area contributed by atoms with Gasteiger partial charge >= 0.3 is 6.03 Å². The maximum Gasteiger partial charge on any atom is 0.318 e. The van der Waals surface area contributed by atoms with Crippen LogP contribution in [0.2, 0.25) is 10.0 Å². The Morgan fingerprint density at radius 3 is 2.73 bits per heavy atom. The van der Waals surface area contributed by atoms with Crippen LogP contribution in [0, 0.1) is 11.8 Å². The van der Waals surface area contributed by atoms with Gasteiger partial charge in [0.15, 0.2) is 0 Å². The van der Waals surface area contributed by atoms with Gasteiger partial charge in [-0.1, -0.05) is 35.0 Å². The first-order valence-corrected chi connectivity index (χ1v) is 9.28. The highest BCUT2D eigenvalue weighted by Gasteiger charge is 2.23. The highest BCUT2D eigenvalue weighted by Crippen LogP contribution is 2.23. The first kappa shape index (κ1) is 18.6. The van der Waals surface area contributed by atoms with E-state index in [1.807, 2.05) is 24.3 Å². The molecular weight excluding hydrogens is 371 g/mol. The summed E-state index contributed by atoms with van der Waals surface area (Å²) in [5.74, 6) is 6.03. The zero-order chi connectivity index (χ0) is 18.5. The van der Waals surface area contributed by atoms with E-state index >= 15 is 0 Å². The zero-order valence-corrected chi connectivity index (χ0v) is 16.0. The van der Waals surface area contributed by atoms with E-state index in [0.717, 1.165) is 31.5 Å². The predicted molar refractivity (Wildman–Crippen MR) is 103 cm³/mol. The molecule has 1 aromatic heterocycles. The molecule has 1 atom stereocenters. The Balaban J connectivity index is 1.50. The van der Waals surface area contributed by atoms with Crippen LogP contribution < -0.4 is 5.32 Å². The molecule has 1 unspecified atom stereocenters. The molecule has 1 saturated heterocycles. The van der Waals surface area contributed by atoms with Crippen LogP contribution in [0.3, 0.4) is 0 Å². The largest absolute Gasteiger partial charge is 0.334 e. The number of imidazole rings is 1. The van der Waals surface area contributed by atoms with Gasteiger partial charge in [-0.15, -0.1) is 0 Å². The minimum absolute atomic E-state index is 0.0787. The van der Waals surface area contributed by atoms with Crippen LogP contribution in [0.25, 0.3) is 0 Å². The van der Waals surface area contributed by atoms with Crippen molar-refractivity contribution < 1.29 is 4.79 Å². The Morgan fingerprint density at radius 1 is 1.31 bits per heavy atom. The topological polar surface area (TPSA) is 50.2 Å². The molecule has 0 aliphatic carbocycles. The normalized spacial score (nSPS) is 15.9. The summed E-state index contributed by atoms with van der Waals surface area (Å²) in [4.78, 5) is 18.3. The molecule has 3 rings (SSSR count). The fourth-order valence-electron chi connectivity index (χ4n) is 2.93. The minimum atomic E-state index is -0.261. The Labute approximate surface area is 163 Å². The molecule has 2 heterocycles. The number of carbonyl (C=O) groups excluding carboxylic acids is 1. The summed E-state index contributed by atoms with van der Waals surface area (Å²) in [5, 5.41) is 3.90. The van der Waals surface area contributed by atoms with Crippen LogP contribution in [0.15, 0.2) is 36.9 Å². The average molecular weight is 391 g/mol. The smallest absolute Gasteiger partial charge is 0.318 e. The van der Waals surface area contributed by atoms with Gasteiger partial charge in [-0.2, -0.15) is 0 Å². The molecule has 26 heavy (non-hydrogen) atoms. The number of benzene rings is 1. The van der Waals surface area contributed by atoms with Gasteiger partial charge in [0.1, 0.15) is 0 Å². The van der Waals surface area contributed by atoms with E-state index in [1.54, 1.807) is 24.4 Å². The van der Waals surface area contributed by atoms with Gasteiger partial charge in [0, 0.05) is 37.1 Å². The summed E-state index contributed by atoms with van der Waals surface area (Å²) in [6, 6.07) is 5.30. The molecule has 1 N–H and O–H groups in total. The summed E-state index contributed by atoms with van der Waals surface area (Å²) < 4.78 is 2.11. The summed E-state index contributed by atoms with van der Waals surface area (Å²) in [6.45, 7) is 3.31. The molecule has 0 bridgehead atoms. The van der Waals surface area contributed by atoms with Crippen molar-refractivity contribution in [3.05, 3.63) is 52.5 Å². The first-order chi connectivity index (χ1) is 12.5. The number of nitrogens with one attached hydrogen (secondary N) is 1. The summed E-state index contributed by atoms with van der Waals surface area (Å²) in [5.41, 5.74) is 0.765. The molecule has 1 aliphatic heterocycles. The summed E-state index contributed by atoms with van der Waals surface area (Å²) in [7, 11) is 0. The average Bonchev–Trinajstić information content (AvgIpc) is 3.17. The van der Waals surface area contributed by atoms with Crippen molar-refractivity contribution in [2.45, 2.75) is 31.8 Å². The molecular formula is C19H20Cl2N4O. The van der Waals surface area contributed by atoms with Crippen molar-refractivity contribution in [3.63, 3.8) is 0 Å². The third kappa shape index (κ3) is 4.72. The van der Waals surface area contributed by atoms with Crippen LogP contribution in [0.5, 0.6) is 0 Å². The fourth-order valence-corrected chi connectivity index (χ4v) is 3.23. The van der Waals surface area contributed by atoms with Crippen LogP contribution in [-0.4, -0.2) is 39.6 Å². The van der Waals surface area contributed by atoms with E-state index in [0.29, 0.717) is 16.1 Å². The quantitative estimate of drug-likeness (QED) is 0.788. The predicted octanol–water partition coefficient (Wildman–Crippen LogP) is 3.98. The number of nitrogens with zero attached hydrogens (tertiary/aromatic N) is 3. The van der Waals surface area contributed by atoms with Crippen molar-refractivity contribution in [2.24, 2.45) is 0 Å². The number of halogens is 2. The Kier molecular flexibility index (Phi) is 6.08. The summed E-state index contributed by atoms with van der Waals surface area (Å²) >= 11 is 11.9. The molecule has 0 saturated carbocycles. The van der Waals surface area contributed by atoms with Crippen LogP contribution in [-0.2, 0) is 0 Å². The number of hydrogen-bond donors (Lipinski definition) is 1. The Hall–Kier alpha value is -2.16. The van der Waals surface area contributed by atoms with E-state index in [4.69, 9.17) is 23.2 Å². The number of amides is 2. The summed E-state index contributed by atoms with van der Waals surface area (Å²) in [6.07, 6.45) is 7.44. The molecule has 0 radical (unpaired) electrons. The number of rotatable bonds is 2. The molecule has 2 amide bonds. The number of likely N-dealkylation sites (tertiary alicyclic amines) is 1. The molecule has 0 spiro atoms. The maximum absolute atomic E-state index is 12.4. The number of urea groups is 1. The number of hydrogen-bond acceptors (Lipinski definition) is 2. The van der Waals surface area contributed by atoms with Gasteiger partial charge in [0.05, 0.1) is 22.4 Å². The first-order valence-electron chi connectivity index (χ1n) is 8.52. The second kappa shape index (κ2) is 8.48. The second-order valence-corrected chi connectivity index (χ2v) is 7.11. The molecule has 136 valence electrons. The molecule has 1 aromatic carbocycles. The van der Waals surface area contributed by atoms with E-state index in [-0.39, 0.29) is 12.1 Å². The van der Waals surface area contributed by atoms with Crippen molar-refractivity contribution >= 4 is 29.2 Å². The second-order valence-electron chi connectivity index (χ2n) is 6.30. The van der Waals surface area contributed by atoms with Gasteiger partial charge < -0.3 is 14.8 Å². The lowest BCUT2D eigenvalue weighted by Crippen LogP contribution is -2.47. The highest BCUT2D eigenvalue weighted by molar-refractivity contribution is 6.42. The maximum atomic E-state index is 12.4. The van der Waals surface area contributed by atoms with E-state index in [9.17, 15) is 4.79 Å². The van der Waals surface area contributed by atoms with Gasteiger partial charge in [0.25, 0.3) is 0 Å². The molecule has 2 aromatic rings. The van der Waals surface area contributed by atoms with Crippen LogP contribution in [0.4, 0.5) is 4.79 Å². The lowest BCUT2D eigenvalue weighted by atomic mass is 10.1. The van der Waals surface area contributed by atoms with Crippen LogP contribution in [0.1, 0.15) is 31.4 Å². The lowest BCUT2D eigenvalue weighted by Gasteiger charge is -2.32. The van der Waals surface area contributed by atoms with Gasteiger partial charge in [-0.3, -0.25) is 0 Å². The SMILES string of the molecule is CC(C#Cc1ccc(Cl)c(Cl)c1)NC(=O)N1CCC(n2ccnc2)CC1. The fraction of sp³-hybridized carbons (Fsp3) is 0.368. The highest BCUT2D eigenvalue weighted by atomic mass is 35.5. The van der Waals surface area contributed by atoms with Gasteiger partial charge in [0.2, 0.25) is 0 Å².